The van der Waals surface area contributed by atoms with Crippen molar-refractivity contribution in [2.45, 2.75) is 45.2 Å². The minimum atomic E-state index is 0.295. The molecule has 1 aromatic rings. The van der Waals surface area contributed by atoms with Crippen molar-refractivity contribution in [3.8, 4) is 5.75 Å². The highest BCUT2D eigenvalue weighted by molar-refractivity contribution is 5.27. The molecular weight excluding hydrogens is 248 g/mol. The van der Waals surface area contributed by atoms with Gasteiger partial charge in [-0.2, -0.15) is 0 Å². The molecule has 1 fully saturated rings. The molecule has 2 rings (SSSR count). The van der Waals surface area contributed by atoms with Crippen molar-refractivity contribution in [1.29, 1.82) is 0 Å². The van der Waals surface area contributed by atoms with E-state index >= 15 is 0 Å². The highest BCUT2D eigenvalue weighted by atomic mass is 16.5. The second kappa shape index (κ2) is 7.09. The van der Waals surface area contributed by atoms with Gasteiger partial charge in [0.05, 0.1) is 7.11 Å². The molecule has 1 saturated heterocycles. The van der Waals surface area contributed by atoms with Crippen LogP contribution in [0, 0.1) is 0 Å². The molecule has 1 aliphatic heterocycles. The van der Waals surface area contributed by atoms with Crippen LogP contribution in [0.3, 0.4) is 0 Å². The molecule has 0 unspecified atom stereocenters. The van der Waals surface area contributed by atoms with Crippen LogP contribution in [-0.4, -0.2) is 37.2 Å². The number of benzene rings is 1. The Bertz CT molecular complexity index is 398. The van der Waals surface area contributed by atoms with Crippen LogP contribution in [0.5, 0.6) is 5.75 Å². The maximum Gasteiger partial charge on any atom is 0.118 e. The molecule has 0 amide bonds. The van der Waals surface area contributed by atoms with Crippen molar-refractivity contribution < 1.29 is 4.74 Å². The molecule has 0 aromatic heterocycles. The van der Waals surface area contributed by atoms with E-state index in [0.717, 1.165) is 25.4 Å². The Morgan fingerprint density at radius 3 is 2.50 bits per heavy atom. The molecule has 1 aromatic carbocycles. The molecule has 0 saturated carbocycles. The standard InChI is InChI=1S/C17H28N2O/c1-4-17(5-2)14-19(12-6-11-18-17)13-15-7-9-16(20-3)10-8-15/h7-10,18H,4-6,11-14H2,1-3H3. The first-order valence-corrected chi connectivity index (χ1v) is 7.81. The van der Waals surface area contributed by atoms with Gasteiger partial charge >= 0.3 is 0 Å². The Labute approximate surface area is 123 Å². The lowest BCUT2D eigenvalue weighted by atomic mass is 9.92. The van der Waals surface area contributed by atoms with Gasteiger partial charge in [-0.3, -0.25) is 4.90 Å². The third-order valence-electron chi connectivity index (χ3n) is 4.60. The minimum Gasteiger partial charge on any atom is -0.497 e. The first-order valence-electron chi connectivity index (χ1n) is 7.81. The molecule has 0 aliphatic carbocycles. The van der Waals surface area contributed by atoms with Crippen LogP contribution in [0.4, 0.5) is 0 Å². The van der Waals surface area contributed by atoms with E-state index < -0.39 is 0 Å². The van der Waals surface area contributed by atoms with E-state index in [1.54, 1.807) is 7.11 Å². The fourth-order valence-corrected chi connectivity index (χ4v) is 3.07. The third-order valence-corrected chi connectivity index (χ3v) is 4.60. The zero-order chi connectivity index (χ0) is 14.4. The van der Waals surface area contributed by atoms with Gasteiger partial charge in [0, 0.05) is 18.6 Å². The van der Waals surface area contributed by atoms with Gasteiger partial charge in [0.25, 0.3) is 0 Å². The average Bonchev–Trinajstić information content (AvgIpc) is 2.71. The van der Waals surface area contributed by atoms with Crippen molar-refractivity contribution in [1.82, 2.24) is 10.2 Å². The normalized spacial score (nSPS) is 19.6. The van der Waals surface area contributed by atoms with Crippen LogP contribution < -0.4 is 10.1 Å². The minimum absolute atomic E-state index is 0.295. The summed E-state index contributed by atoms with van der Waals surface area (Å²) in [4.78, 5) is 2.59. The summed E-state index contributed by atoms with van der Waals surface area (Å²) in [5, 5.41) is 3.77. The second-order valence-electron chi connectivity index (χ2n) is 5.83. The number of ether oxygens (including phenoxy) is 1. The van der Waals surface area contributed by atoms with Crippen LogP contribution in [-0.2, 0) is 6.54 Å². The van der Waals surface area contributed by atoms with Gasteiger partial charge in [-0.05, 0) is 50.0 Å². The quantitative estimate of drug-likeness (QED) is 0.894. The van der Waals surface area contributed by atoms with Crippen molar-refractivity contribution in [3.05, 3.63) is 29.8 Å². The zero-order valence-corrected chi connectivity index (χ0v) is 13.1. The summed E-state index contributed by atoms with van der Waals surface area (Å²) in [5.74, 6) is 0.933. The largest absolute Gasteiger partial charge is 0.497 e. The predicted octanol–water partition coefficient (Wildman–Crippen LogP) is 3.05. The second-order valence-corrected chi connectivity index (χ2v) is 5.83. The van der Waals surface area contributed by atoms with Crippen molar-refractivity contribution >= 4 is 0 Å². The number of nitrogens with one attached hydrogen (secondary N) is 1. The topological polar surface area (TPSA) is 24.5 Å². The highest BCUT2D eigenvalue weighted by Gasteiger charge is 2.29. The zero-order valence-electron chi connectivity index (χ0n) is 13.1. The van der Waals surface area contributed by atoms with Crippen LogP contribution in [0.15, 0.2) is 24.3 Å². The molecule has 1 N–H and O–H groups in total. The highest BCUT2D eigenvalue weighted by Crippen LogP contribution is 2.21. The van der Waals surface area contributed by atoms with Gasteiger partial charge in [-0.25, -0.2) is 0 Å². The molecule has 1 heterocycles. The molecule has 3 nitrogen and oxygen atoms in total. The maximum atomic E-state index is 5.22. The summed E-state index contributed by atoms with van der Waals surface area (Å²) in [5.41, 5.74) is 1.66. The predicted molar refractivity (Wildman–Crippen MR) is 84.2 cm³/mol. The van der Waals surface area contributed by atoms with E-state index in [0.29, 0.717) is 5.54 Å². The van der Waals surface area contributed by atoms with E-state index in [4.69, 9.17) is 4.74 Å². The van der Waals surface area contributed by atoms with Crippen LogP contribution in [0.2, 0.25) is 0 Å². The first-order chi connectivity index (χ1) is 9.71. The summed E-state index contributed by atoms with van der Waals surface area (Å²) in [6.45, 7) is 9.10. The fraction of sp³-hybridized carbons (Fsp3) is 0.647. The van der Waals surface area contributed by atoms with Gasteiger partial charge in [0.15, 0.2) is 0 Å². The number of hydrogen-bond donors (Lipinski definition) is 1. The lowest BCUT2D eigenvalue weighted by Gasteiger charge is -2.35. The van der Waals surface area contributed by atoms with E-state index in [1.807, 2.05) is 0 Å². The first kappa shape index (κ1) is 15.3. The van der Waals surface area contributed by atoms with Crippen molar-refractivity contribution in [2.24, 2.45) is 0 Å². The van der Waals surface area contributed by atoms with Gasteiger partial charge in [-0.15, -0.1) is 0 Å². The molecule has 20 heavy (non-hydrogen) atoms. The summed E-state index contributed by atoms with van der Waals surface area (Å²) in [6.07, 6.45) is 3.63. The fourth-order valence-electron chi connectivity index (χ4n) is 3.07. The Kier molecular flexibility index (Phi) is 5.44. The van der Waals surface area contributed by atoms with Gasteiger partial charge < -0.3 is 10.1 Å². The molecule has 0 bridgehead atoms. The molecular formula is C17H28N2O. The number of hydrogen-bond acceptors (Lipinski definition) is 3. The lowest BCUT2D eigenvalue weighted by molar-refractivity contribution is 0.191. The molecule has 112 valence electrons. The molecule has 0 spiro atoms. The van der Waals surface area contributed by atoms with E-state index in [1.165, 1.54) is 31.4 Å². The van der Waals surface area contributed by atoms with Crippen LogP contribution in [0.25, 0.3) is 0 Å². The molecule has 0 radical (unpaired) electrons. The summed E-state index contributed by atoms with van der Waals surface area (Å²) >= 11 is 0. The monoisotopic (exact) mass is 276 g/mol. The van der Waals surface area contributed by atoms with Crippen molar-refractivity contribution in [3.63, 3.8) is 0 Å². The van der Waals surface area contributed by atoms with E-state index in [9.17, 15) is 0 Å². The number of methoxy groups -OCH3 is 1. The van der Waals surface area contributed by atoms with Crippen LogP contribution >= 0.6 is 0 Å². The Morgan fingerprint density at radius 1 is 1.20 bits per heavy atom. The molecule has 0 atom stereocenters. The lowest BCUT2D eigenvalue weighted by Crippen LogP contribution is -2.50. The summed E-state index contributed by atoms with van der Waals surface area (Å²) < 4.78 is 5.22. The Balaban J connectivity index is 2.02. The van der Waals surface area contributed by atoms with Gasteiger partial charge in [-0.1, -0.05) is 26.0 Å². The smallest absolute Gasteiger partial charge is 0.118 e. The van der Waals surface area contributed by atoms with E-state index in [2.05, 4.69) is 48.3 Å². The Hall–Kier alpha value is -1.06. The number of nitrogens with zero attached hydrogens (tertiary/aromatic N) is 1. The summed E-state index contributed by atoms with van der Waals surface area (Å²) in [6, 6.07) is 8.46. The van der Waals surface area contributed by atoms with Gasteiger partial charge in [0.2, 0.25) is 0 Å². The molecule has 3 heteroatoms. The maximum absolute atomic E-state index is 5.22. The average molecular weight is 276 g/mol. The number of rotatable bonds is 5. The molecule has 1 aliphatic rings. The van der Waals surface area contributed by atoms with Crippen LogP contribution in [0.1, 0.15) is 38.7 Å². The Morgan fingerprint density at radius 2 is 1.90 bits per heavy atom. The summed E-state index contributed by atoms with van der Waals surface area (Å²) in [7, 11) is 1.71. The SMILES string of the molecule is CCC1(CC)CN(Cc2ccc(OC)cc2)CCCN1. The van der Waals surface area contributed by atoms with E-state index in [-0.39, 0.29) is 0 Å². The van der Waals surface area contributed by atoms with Gasteiger partial charge in [0.1, 0.15) is 5.75 Å². The third kappa shape index (κ3) is 3.74. The van der Waals surface area contributed by atoms with Crippen molar-refractivity contribution in [2.75, 3.05) is 26.7 Å².